The molecular weight excluding hydrogens is 308 g/mol. The van der Waals surface area contributed by atoms with E-state index < -0.39 is 6.03 Å². The van der Waals surface area contributed by atoms with Crippen molar-refractivity contribution in [2.24, 2.45) is 5.73 Å². The number of anilines is 1. The molecule has 3 rings (SSSR count). The molecule has 2 fully saturated rings. The number of carbonyl (C=O) groups excluding carboxylic acids is 3. The van der Waals surface area contributed by atoms with E-state index in [1.165, 1.54) is 0 Å². The SMILES string of the molecule is NC(=O)N1CCCN(C(=O)c2cccc(N3CCCC3=O)c2)CC1. The van der Waals surface area contributed by atoms with E-state index in [2.05, 4.69) is 0 Å². The molecule has 0 saturated carbocycles. The van der Waals surface area contributed by atoms with Gasteiger partial charge >= 0.3 is 6.03 Å². The lowest BCUT2D eigenvalue weighted by Gasteiger charge is -2.22. The third-order valence-corrected chi connectivity index (χ3v) is 4.57. The minimum absolute atomic E-state index is 0.0742. The second kappa shape index (κ2) is 6.90. The van der Waals surface area contributed by atoms with Crippen molar-refractivity contribution in [2.45, 2.75) is 19.3 Å². The number of hydrogen-bond donors (Lipinski definition) is 1. The number of rotatable bonds is 2. The topological polar surface area (TPSA) is 87.0 Å². The molecule has 1 aromatic rings. The Kier molecular flexibility index (Phi) is 4.69. The first-order valence-corrected chi connectivity index (χ1v) is 8.30. The summed E-state index contributed by atoms with van der Waals surface area (Å²) in [5.41, 5.74) is 6.66. The lowest BCUT2D eigenvalue weighted by Crippen LogP contribution is -2.39. The quantitative estimate of drug-likeness (QED) is 0.879. The fraction of sp³-hybridized carbons (Fsp3) is 0.471. The van der Waals surface area contributed by atoms with E-state index in [1.807, 2.05) is 12.1 Å². The van der Waals surface area contributed by atoms with E-state index >= 15 is 0 Å². The second-order valence-corrected chi connectivity index (χ2v) is 6.17. The van der Waals surface area contributed by atoms with Crippen LogP contribution in [0.25, 0.3) is 0 Å². The minimum atomic E-state index is -0.446. The average Bonchev–Trinajstić information content (AvgIpc) is 2.85. The molecule has 2 saturated heterocycles. The maximum atomic E-state index is 12.8. The second-order valence-electron chi connectivity index (χ2n) is 6.17. The van der Waals surface area contributed by atoms with Crippen molar-refractivity contribution in [1.82, 2.24) is 9.80 Å². The largest absolute Gasteiger partial charge is 0.351 e. The van der Waals surface area contributed by atoms with Crippen molar-refractivity contribution in [2.75, 3.05) is 37.6 Å². The summed E-state index contributed by atoms with van der Waals surface area (Å²) in [5.74, 6) is 0.0290. The van der Waals surface area contributed by atoms with Crippen molar-refractivity contribution in [3.05, 3.63) is 29.8 Å². The van der Waals surface area contributed by atoms with Crippen molar-refractivity contribution in [1.29, 1.82) is 0 Å². The maximum Gasteiger partial charge on any atom is 0.314 e. The van der Waals surface area contributed by atoms with Crippen LogP contribution in [0.5, 0.6) is 0 Å². The Morgan fingerprint density at radius 2 is 1.71 bits per heavy atom. The molecular formula is C17H22N4O3. The van der Waals surface area contributed by atoms with Gasteiger partial charge in [-0.15, -0.1) is 0 Å². The molecule has 4 amide bonds. The molecule has 7 heteroatoms. The van der Waals surface area contributed by atoms with Crippen LogP contribution in [0.3, 0.4) is 0 Å². The van der Waals surface area contributed by atoms with Crippen LogP contribution >= 0.6 is 0 Å². The number of urea groups is 1. The first-order valence-electron chi connectivity index (χ1n) is 8.30. The van der Waals surface area contributed by atoms with Gasteiger partial charge in [-0.1, -0.05) is 6.07 Å². The van der Waals surface area contributed by atoms with E-state index in [4.69, 9.17) is 5.73 Å². The van der Waals surface area contributed by atoms with Gasteiger partial charge in [-0.2, -0.15) is 0 Å². The molecule has 0 unspecified atom stereocenters. The molecule has 0 spiro atoms. The summed E-state index contributed by atoms with van der Waals surface area (Å²) in [6.45, 7) is 2.78. The smallest absolute Gasteiger partial charge is 0.314 e. The summed E-state index contributed by atoms with van der Waals surface area (Å²) in [6.07, 6.45) is 2.12. The van der Waals surface area contributed by atoms with Gasteiger partial charge in [0.2, 0.25) is 5.91 Å². The van der Waals surface area contributed by atoms with Crippen molar-refractivity contribution < 1.29 is 14.4 Å². The average molecular weight is 330 g/mol. The molecule has 0 bridgehead atoms. The zero-order valence-electron chi connectivity index (χ0n) is 13.6. The lowest BCUT2D eigenvalue weighted by molar-refractivity contribution is -0.117. The van der Waals surface area contributed by atoms with Crippen LogP contribution in [0.1, 0.15) is 29.6 Å². The van der Waals surface area contributed by atoms with E-state index in [0.717, 1.165) is 12.1 Å². The fourth-order valence-electron chi connectivity index (χ4n) is 3.25. The summed E-state index contributed by atoms with van der Waals surface area (Å²) < 4.78 is 0. The van der Waals surface area contributed by atoms with Gasteiger partial charge in [-0.25, -0.2) is 4.79 Å². The zero-order valence-corrected chi connectivity index (χ0v) is 13.6. The molecule has 0 radical (unpaired) electrons. The van der Waals surface area contributed by atoms with Gasteiger partial charge in [0.25, 0.3) is 5.91 Å². The number of benzene rings is 1. The highest BCUT2D eigenvalue weighted by molar-refractivity contribution is 5.99. The number of carbonyl (C=O) groups is 3. The first-order chi connectivity index (χ1) is 11.6. The van der Waals surface area contributed by atoms with E-state index in [1.54, 1.807) is 26.8 Å². The molecule has 2 aliphatic heterocycles. The summed E-state index contributed by atoms with van der Waals surface area (Å²) >= 11 is 0. The van der Waals surface area contributed by atoms with Crippen LogP contribution < -0.4 is 10.6 Å². The third-order valence-electron chi connectivity index (χ3n) is 4.57. The van der Waals surface area contributed by atoms with Crippen LogP contribution in [0.2, 0.25) is 0 Å². The number of nitrogens with two attached hydrogens (primary N) is 1. The molecule has 128 valence electrons. The Bertz CT molecular complexity index is 661. The van der Waals surface area contributed by atoms with Gasteiger partial charge in [0, 0.05) is 50.4 Å². The van der Waals surface area contributed by atoms with Gasteiger partial charge < -0.3 is 20.4 Å². The van der Waals surface area contributed by atoms with E-state index in [0.29, 0.717) is 51.1 Å². The predicted molar refractivity (Wildman–Crippen MR) is 89.7 cm³/mol. The van der Waals surface area contributed by atoms with Crippen molar-refractivity contribution in [3.8, 4) is 0 Å². The Labute approximate surface area is 141 Å². The number of hydrogen-bond acceptors (Lipinski definition) is 3. The first kappa shape index (κ1) is 16.3. The van der Waals surface area contributed by atoms with Crippen molar-refractivity contribution in [3.63, 3.8) is 0 Å². The molecule has 0 atom stereocenters. The van der Waals surface area contributed by atoms with Crippen LogP contribution in [-0.4, -0.2) is 60.4 Å². The third kappa shape index (κ3) is 3.34. The lowest BCUT2D eigenvalue weighted by atomic mass is 10.1. The normalized spacial score (nSPS) is 18.7. The van der Waals surface area contributed by atoms with Gasteiger partial charge in [0.1, 0.15) is 0 Å². The molecule has 2 aliphatic rings. The van der Waals surface area contributed by atoms with Gasteiger partial charge in [0.05, 0.1) is 0 Å². The van der Waals surface area contributed by atoms with Gasteiger partial charge in [-0.05, 0) is 31.0 Å². The fourth-order valence-corrected chi connectivity index (χ4v) is 3.25. The van der Waals surface area contributed by atoms with Crippen LogP contribution in [0.15, 0.2) is 24.3 Å². The highest BCUT2D eigenvalue weighted by Crippen LogP contribution is 2.23. The number of primary amides is 1. The van der Waals surface area contributed by atoms with Crippen LogP contribution in [-0.2, 0) is 4.79 Å². The van der Waals surface area contributed by atoms with E-state index in [-0.39, 0.29) is 11.8 Å². The van der Waals surface area contributed by atoms with E-state index in [9.17, 15) is 14.4 Å². The predicted octanol–water partition coefficient (Wildman–Crippen LogP) is 1.04. The Morgan fingerprint density at radius 1 is 0.958 bits per heavy atom. The Morgan fingerprint density at radius 3 is 2.42 bits per heavy atom. The molecule has 24 heavy (non-hydrogen) atoms. The number of amides is 4. The molecule has 1 aromatic carbocycles. The summed E-state index contributed by atoms with van der Waals surface area (Å²) in [4.78, 5) is 41.0. The number of nitrogens with zero attached hydrogens (tertiary/aromatic N) is 3. The molecule has 2 heterocycles. The maximum absolute atomic E-state index is 12.8. The monoisotopic (exact) mass is 330 g/mol. The summed E-state index contributed by atoms with van der Waals surface area (Å²) in [5, 5.41) is 0. The minimum Gasteiger partial charge on any atom is -0.351 e. The van der Waals surface area contributed by atoms with Crippen molar-refractivity contribution >= 4 is 23.5 Å². The highest BCUT2D eigenvalue weighted by atomic mass is 16.2. The molecule has 2 N–H and O–H groups in total. The van der Waals surface area contributed by atoms with Crippen LogP contribution in [0, 0.1) is 0 Å². The molecule has 0 aromatic heterocycles. The summed E-state index contributed by atoms with van der Waals surface area (Å²) in [7, 11) is 0. The zero-order chi connectivity index (χ0) is 17.1. The Balaban J connectivity index is 1.73. The standard InChI is InChI=1S/C17H22N4O3/c18-17(24)20-8-3-7-19(10-11-20)16(23)13-4-1-5-14(12-13)21-9-2-6-15(21)22/h1,4-5,12H,2-3,6-11H2,(H2,18,24). The summed E-state index contributed by atoms with van der Waals surface area (Å²) in [6, 6.07) is 6.77. The molecule has 0 aliphatic carbocycles. The Hall–Kier alpha value is -2.57. The van der Waals surface area contributed by atoms with Gasteiger partial charge in [0.15, 0.2) is 0 Å². The molecule has 7 nitrogen and oxygen atoms in total. The highest BCUT2D eigenvalue weighted by Gasteiger charge is 2.24. The van der Waals surface area contributed by atoms with Gasteiger partial charge in [-0.3, -0.25) is 9.59 Å². The van der Waals surface area contributed by atoms with Crippen LogP contribution in [0.4, 0.5) is 10.5 Å².